The van der Waals surface area contributed by atoms with Gasteiger partial charge in [-0.2, -0.15) is 0 Å². The summed E-state index contributed by atoms with van der Waals surface area (Å²) in [5.41, 5.74) is 0.602. The van der Waals surface area contributed by atoms with E-state index in [9.17, 15) is 4.79 Å². The lowest BCUT2D eigenvalue weighted by Crippen LogP contribution is -2.12. The highest BCUT2D eigenvalue weighted by Gasteiger charge is 2.13. The fraction of sp³-hybridized carbons (Fsp3) is 0.125. The van der Waals surface area contributed by atoms with Gasteiger partial charge in [0.25, 0.3) is 5.56 Å². The van der Waals surface area contributed by atoms with Crippen molar-refractivity contribution in [2.45, 2.75) is 17.1 Å². The van der Waals surface area contributed by atoms with Crippen LogP contribution in [0.2, 0.25) is 5.02 Å². The van der Waals surface area contributed by atoms with Crippen molar-refractivity contribution in [3.05, 3.63) is 69.7 Å². The average molecular weight is 317 g/mol. The van der Waals surface area contributed by atoms with Crippen LogP contribution in [0, 0.1) is 0 Å². The van der Waals surface area contributed by atoms with E-state index in [-0.39, 0.29) is 10.8 Å². The Balaban J connectivity index is 1.97. The minimum Gasteiger partial charge on any atom is -0.309 e. The van der Waals surface area contributed by atoms with E-state index >= 15 is 0 Å². The Morgan fingerprint density at radius 3 is 2.67 bits per heavy atom. The number of hydrogen-bond donors (Lipinski definition) is 1. The molecule has 2 aromatic carbocycles. The van der Waals surface area contributed by atoms with Gasteiger partial charge in [-0.3, -0.25) is 4.79 Å². The van der Waals surface area contributed by atoms with Crippen LogP contribution in [0.5, 0.6) is 0 Å². The smallest absolute Gasteiger partial charge is 0.258 e. The van der Waals surface area contributed by atoms with Crippen molar-refractivity contribution in [1.82, 2.24) is 9.97 Å². The zero-order chi connectivity index (χ0) is 14.8. The van der Waals surface area contributed by atoms with Crippen molar-refractivity contribution in [1.29, 1.82) is 0 Å². The molecule has 1 aromatic heterocycles. The molecule has 0 spiro atoms. The van der Waals surface area contributed by atoms with Gasteiger partial charge < -0.3 is 4.98 Å². The highest BCUT2D eigenvalue weighted by molar-refractivity contribution is 7.99. The summed E-state index contributed by atoms with van der Waals surface area (Å²) in [6.45, 7) is 2.00. The summed E-state index contributed by atoms with van der Waals surface area (Å²) >= 11 is 7.74. The van der Waals surface area contributed by atoms with Crippen LogP contribution in [0.3, 0.4) is 0 Å². The summed E-state index contributed by atoms with van der Waals surface area (Å²) in [6.07, 6.45) is 0. The standard InChI is InChI=1S/C16H13ClN2OS/c1-10(21-14-9-5-3-7-12(14)17)15-18-13-8-4-2-6-11(13)16(20)19-15/h2-10H,1H3,(H,18,19,20). The van der Waals surface area contributed by atoms with Crippen LogP contribution >= 0.6 is 23.4 Å². The Morgan fingerprint density at radius 2 is 1.86 bits per heavy atom. The van der Waals surface area contributed by atoms with Gasteiger partial charge in [-0.05, 0) is 31.2 Å². The van der Waals surface area contributed by atoms with E-state index < -0.39 is 0 Å². The molecule has 5 heteroatoms. The van der Waals surface area contributed by atoms with Crippen LogP contribution in [0.4, 0.5) is 0 Å². The van der Waals surface area contributed by atoms with E-state index in [1.165, 1.54) is 0 Å². The van der Waals surface area contributed by atoms with E-state index in [0.717, 1.165) is 4.90 Å². The number of nitrogens with one attached hydrogen (secondary N) is 1. The van der Waals surface area contributed by atoms with Gasteiger partial charge >= 0.3 is 0 Å². The molecule has 1 heterocycles. The van der Waals surface area contributed by atoms with Crippen molar-refractivity contribution >= 4 is 34.3 Å². The fourth-order valence-electron chi connectivity index (χ4n) is 2.08. The molecule has 21 heavy (non-hydrogen) atoms. The zero-order valence-electron chi connectivity index (χ0n) is 11.3. The Hall–Kier alpha value is -1.78. The number of fused-ring (bicyclic) bond motifs is 1. The largest absolute Gasteiger partial charge is 0.309 e. The molecule has 0 fully saturated rings. The molecule has 0 saturated carbocycles. The molecule has 3 nitrogen and oxygen atoms in total. The topological polar surface area (TPSA) is 45.8 Å². The lowest BCUT2D eigenvalue weighted by molar-refractivity contribution is 0.923. The molecule has 106 valence electrons. The van der Waals surface area contributed by atoms with E-state index in [0.29, 0.717) is 21.7 Å². The van der Waals surface area contributed by atoms with E-state index in [4.69, 9.17) is 11.6 Å². The molecule has 0 aliphatic carbocycles. The molecule has 0 amide bonds. The fourth-order valence-corrected chi connectivity index (χ4v) is 3.29. The summed E-state index contributed by atoms with van der Waals surface area (Å²) in [6, 6.07) is 15.0. The molecule has 0 aliphatic rings. The van der Waals surface area contributed by atoms with Gasteiger partial charge in [-0.25, -0.2) is 4.98 Å². The predicted molar refractivity (Wildman–Crippen MR) is 88.1 cm³/mol. The summed E-state index contributed by atoms with van der Waals surface area (Å²) in [5.74, 6) is 0.656. The zero-order valence-corrected chi connectivity index (χ0v) is 12.9. The minimum absolute atomic E-state index is 0.00204. The molecule has 3 rings (SSSR count). The second-order valence-electron chi connectivity index (χ2n) is 4.66. The second kappa shape index (κ2) is 5.92. The highest BCUT2D eigenvalue weighted by Crippen LogP contribution is 2.36. The summed E-state index contributed by atoms with van der Waals surface area (Å²) in [5, 5.41) is 1.32. The molecular formula is C16H13ClN2OS. The SMILES string of the molecule is CC(Sc1ccccc1Cl)c1nc2ccccc2c(=O)[nH]1. The number of thioether (sulfide) groups is 1. The maximum Gasteiger partial charge on any atom is 0.258 e. The summed E-state index contributed by atoms with van der Waals surface area (Å²) < 4.78 is 0. The van der Waals surface area contributed by atoms with Crippen LogP contribution in [-0.2, 0) is 0 Å². The first-order valence-corrected chi connectivity index (χ1v) is 7.81. The number of nitrogens with zero attached hydrogens (tertiary/aromatic N) is 1. The van der Waals surface area contributed by atoms with E-state index in [2.05, 4.69) is 9.97 Å². The third-order valence-corrected chi connectivity index (χ3v) is 4.79. The van der Waals surface area contributed by atoms with Crippen molar-refractivity contribution in [2.75, 3.05) is 0 Å². The molecule has 0 saturated heterocycles. The lowest BCUT2D eigenvalue weighted by Gasteiger charge is -2.12. The first-order chi connectivity index (χ1) is 10.1. The molecule has 0 radical (unpaired) electrons. The first-order valence-electron chi connectivity index (χ1n) is 6.55. The van der Waals surface area contributed by atoms with Gasteiger partial charge in [0.2, 0.25) is 0 Å². The average Bonchev–Trinajstić information content (AvgIpc) is 2.49. The number of rotatable bonds is 3. The third-order valence-electron chi connectivity index (χ3n) is 3.16. The quantitative estimate of drug-likeness (QED) is 0.727. The van der Waals surface area contributed by atoms with Crippen molar-refractivity contribution in [2.24, 2.45) is 0 Å². The Morgan fingerprint density at radius 1 is 1.14 bits per heavy atom. The number of H-pyrrole nitrogens is 1. The molecule has 1 atom stereocenters. The predicted octanol–water partition coefficient (Wildman–Crippen LogP) is 4.43. The molecule has 3 aromatic rings. The van der Waals surface area contributed by atoms with Gasteiger partial charge in [0.1, 0.15) is 5.82 Å². The van der Waals surface area contributed by atoms with Crippen molar-refractivity contribution in [3.63, 3.8) is 0 Å². The lowest BCUT2D eigenvalue weighted by atomic mass is 10.2. The second-order valence-corrected chi connectivity index (χ2v) is 6.45. The van der Waals surface area contributed by atoms with Crippen molar-refractivity contribution < 1.29 is 0 Å². The molecule has 0 aliphatic heterocycles. The number of aromatic nitrogens is 2. The minimum atomic E-state index is -0.109. The molecule has 1 unspecified atom stereocenters. The molecule has 0 bridgehead atoms. The number of para-hydroxylation sites is 1. The van der Waals surface area contributed by atoms with Crippen LogP contribution in [0.15, 0.2) is 58.2 Å². The van der Waals surface area contributed by atoms with E-state index in [1.807, 2.05) is 49.4 Å². The van der Waals surface area contributed by atoms with Crippen molar-refractivity contribution in [3.8, 4) is 0 Å². The van der Waals surface area contributed by atoms with Gasteiger partial charge in [-0.1, -0.05) is 35.9 Å². The van der Waals surface area contributed by atoms with Gasteiger partial charge in [0.15, 0.2) is 0 Å². The molecule has 1 N–H and O–H groups in total. The van der Waals surface area contributed by atoms with Crippen LogP contribution in [-0.4, -0.2) is 9.97 Å². The number of hydrogen-bond acceptors (Lipinski definition) is 3. The Kier molecular flexibility index (Phi) is 3.99. The van der Waals surface area contributed by atoms with E-state index in [1.54, 1.807) is 17.8 Å². The highest BCUT2D eigenvalue weighted by atomic mass is 35.5. The maximum atomic E-state index is 12.1. The van der Waals surface area contributed by atoms with Crippen LogP contribution in [0.25, 0.3) is 10.9 Å². The first kappa shape index (κ1) is 14.2. The number of aromatic amines is 1. The third kappa shape index (κ3) is 2.96. The maximum absolute atomic E-state index is 12.1. The summed E-state index contributed by atoms with van der Waals surface area (Å²) in [7, 11) is 0. The number of halogens is 1. The normalized spacial score (nSPS) is 12.5. The monoisotopic (exact) mass is 316 g/mol. The van der Waals surface area contributed by atoms with Gasteiger partial charge in [0, 0.05) is 4.90 Å². The number of benzene rings is 2. The van der Waals surface area contributed by atoms with Crippen LogP contribution in [0.1, 0.15) is 18.0 Å². The molecular weight excluding hydrogens is 304 g/mol. The van der Waals surface area contributed by atoms with Gasteiger partial charge in [0.05, 0.1) is 21.2 Å². The Bertz CT molecular complexity index is 847. The van der Waals surface area contributed by atoms with Crippen LogP contribution < -0.4 is 5.56 Å². The van der Waals surface area contributed by atoms with Gasteiger partial charge in [-0.15, -0.1) is 11.8 Å². The summed E-state index contributed by atoms with van der Waals surface area (Å²) in [4.78, 5) is 20.5. The Labute approximate surface area is 131 Å².